The topological polar surface area (TPSA) is 105 Å². The van der Waals surface area contributed by atoms with Crippen LogP contribution in [-0.2, 0) is 14.3 Å². The third kappa shape index (κ3) is 6.16. The Balaban J connectivity index is 1.59. The molecule has 3 rings (SSSR count). The van der Waals surface area contributed by atoms with Crippen LogP contribution in [0.3, 0.4) is 0 Å². The van der Waals surface area contributed by atoms with Gasteiger partial charge in [0.2, 0.25) is 5.91 Å². The van der Waals surface area contributed by atoms with Gasteiger partial charge in [0.1, 0.15) is 6.61 Å². The number of benzene rings is 2. The lowest BCUT2D eigenvalue weighted by Gasteiger charge is -2.25. The van der Waals surface area contributed by atoms with Crippen LogP contribution in [0.5, 0.6) is 0 Å². The predicted octanol–water partition coefficient (Wildman–Crippen LogP) is 4.56. The van der Waals surface area contributed by atoms with Crippen molar-refractivity contribution in [1.82, 2.24) is 10.6 Å². The molecule has 2 aromatic rings. The molecule has 2 amide bonds. The number of ether oxygens (including phenoxy) is 1. The van der Waals surface area contributed by atoms with E-state index >= 15 is 0 Å². The van der Waals surface area contributed by atoms with Crippen molar-refractivity contribution in [2.45, 2.75) is 58.5 Å². The maximum Gasteiger partial charge on any atom is 0.407 e. The summed E-state index contributed by atoms with van der Waals surface area (Å²) < 4.78 is 5.61. The van der Waals surface area contributed by atoms with Crippen LogP contribution in [0.1, 0.15) is 57.6 Å². The Morgan fingerprint density at radius 3 is 1.82 bits per heavy atom. The first kappa shape index (κ1) is 25.3. The monoisotopic (exact) mass is 466 g/mol. The van der Waals surface area contributed by atoms with E-state index in [-0.39, 0.29) is 43.1 Å². The van der Waals surface area contributed by atoms with Gasteiger partial charge in [-0.15, -0.1) is 0 Å². The van der Waals surface area contributed by atoms with Crippen molar-refractivity contribution in [3.63, 3.8) is 0 Å². The van der Waals surface area contributed by atoms with E-state index in [1.54, 1.807) is 0 Å². The van der Waals surface area contributed by atoms with Gasteiger partial charge in [-0.1, -0.05) is 76.2 Å². The van der Waals surface area contributed by atoms with Gasteiger partial charge in [0, 0.05) is 24.4 Å². The molecular formula is C27H34N2O5. The molecule has 0 saturated carbocycles. The quantitative estimate of drug-likeness (QED) is 0.476. The SMILES string of the molecule is CC(C)C(CC(=O)N[C@H](CC(=O)O)C(C)C)NC(=O)OCC1c2ccccc2-c2ccccc21. The summed E-state index contributed by atoms with van der Waals surface area (Å²) in [4.78, 5) is 36.3. The van der Waals surface area contributed by atoms with Crippen molar-refractivity contribution >= 4 is 18.0 Å². The zero-order valence-electron chi connectivity index (χ0n) is 20.2. The molecule has 0 heterocycles. The second kappa shape index (κ2) is 11.2. The molecule has 1 aliphatic carbocycles. The number of alkyl carbamates (subject to hydrolysis) is 1. The number of carboxylic acids is 1. The molecule has 0 saturated heterocycles. The second-order valence-corrected chi connectivity index (χ2v) is 9.54. The van der Waals surface area contributed by atoms with E-state index in [0.29, 0.717) is 0 Å². The highest BCUT2D eigenvalue weighted by Gasteiger charge is 2.30. The summed E-state index contributed by atoms with van der Waals surface area (Å²) in [5.41, 5.74) is 4.58. The molecule has 0 bridgehead atoms. The van der Waals surface area contributed by atoms with E-state index in [1.807, 2.05) is 52.0 Å². The summed E-state index contributed by atoms with van der Waals surface area (Å²) in [6.45, 7) is 7.76. The van der Waals surface area contributed by atoms with Gasteiger partial charge in [0.15, 0.2) is 0 Å². The summed E-state index contributed by atoms with van der Waals surface area (Å²) in [6, 6.07) is 15.4. The molecule has 182 valence electrons. The number of fused-ring (bicyclic) bond motifs is 3. The normalized spacial score (nSPS) is 14.3. The lowest BCUT2D eigenvalue weighted by atomic mass is 9.98. The molecule has 7 nitrogen and oxygen atoms in total. The number of rotatable bonds is 10. The summed E-state index contributed by atoms with van der Waals surface area (Å²) in [5.74, 6) is -1.33. The number of carboxylic acid groups (broad SMARTS) is 1. The van der Waals surface area contributed by atoms with E-state index in [2.05, 4.69) is 34.9 Å². The second-order valence-electron chi connectivity index (χ2n) is 9.54. The standard InChI is InChI=1S/C27H34N2O5/c1-16(2)23(13-25(30)28-24(17(3)4)14-26(31)32)29-27(33)34-15-22-20-11-7-5-9-18(20)19-10-6-8-12-21(19)22/h5-12,16-17,22-24H,13-15H2,1-4H3,(H,28,30)(H,29,33)(H,31,32)/t23?,24-/m1/s1. The van der Waals surface area contributed by atoms with Gasteiger partial charge in [0.25, 0.3) is 0 Å². The zero-order chi connectivity index (χ0) is 24.8. The highest BCUT2D eigenvalue weighted by atomic mass is 16.5. The van der Waals surface area contributed by atoms with Crippen LogP contribution in [0.4, 0.5) is 4.79 Å². The molecule has 0 aromatic heterocycles. The molecule has 0 aliphatic heterocycles. The number of nitrogens with one attached hydrogen (secondary N) is 2. The number of hydrogen-bond acceptors (Lipinski definition) is 4. The summed E-state index contributed by atoms with van der Waals surface area (Å²) in [6.07, 6.45) is -0.667. The van der Waals surface area contributed by atoms with Crippen LogP contribution < -0.4 is 10.6 Å². The fraction of sp³-hybridized carbons (Fsp3) is 0.444. The average molecular weight is 467 g/mol. The van der Waals surface area contributed by atoms with E-state index in [1.165, 1.54) is 0 Å². The van der Waals surface area contributed by atoms with Gasteiger partial charge in [0.05, 0.1) is 6.42 Å². The first-order valence-corrected chi connectivity index (χ1v) is 11.8. The molecule has 7 heteroatoms. The molecule has 2 aromatic carbocycles. The van der Waals surface area contributed by atoms with E-state index in [0.717, 1.165) is 22.3 Å². The van der Waals surface area contributed by atoms with E-state index < -0.39 is 24.1 Å². The van der Waals surface area contributed by atoms with Crippen molar-refractivity contribution in [3.05, 3.63) is 59.7 Å². The minimum atomic E-state index is -0.962. The van der Waals surface area contributed by atoms with Crippen LogP contribution in [0, 0.1) is 11.8 Å². The fourth-order valence-corrected chi connectivity index (χ4v) is 4.35. The number of aliphatic carboxylic acids is 1. The van der Waals surface area contributed by atoms with Gasteiger partial charge in [-0.25, -0.2) is 4.79 Å². The largest absolute Gasteiger partial charge is 0.481 e. The van der Waals surface area contributed by atoms with Gasteiger partial charge >= 0.3 is 12.1 Å². The van der Waals surface area contributed by atoms with Crippen molar-refractivity contribution in [1.29, 1.82) is 0 Å². The van der Waals surface area contributed by atoms with Crippen LogP contribution in [0.15, 0.2) is 48.5 Å². The molecule has 3 N–H and O–H groups in total. The van der Waals surface area contributed by atoms with Crippen LogP contribution in [-0.4, -0.2) is 41.8 Å². The Morgan fingerprint density at radius 2 is 1.32 bits per heavy atom. The Hall–Kier alpha value is -3.35. The third-order valence-corrected chi connectivity index (χ3v) is 6.40. The van der Waals surface area contributed by atoms with Crippen LogP contribution in [0.2, 0.25) is 0 Å². The first-order valence-electron chi connectivity index (χ1n) is 11.8. The maximum absolute atomic E-state index is 12.7. The van der Waals surface area contributed by atoms with Crippen molar-refractivity contribution < 1.29 is 24.2 Å². The highest BCUT2D eigenvalue weighted by molar-refractivity contribution is 5.80. The van der Waals surface area contributed by atoms with Crippen LogP contribution >= 0.6 is 0 Å². The summed E-state index contributed by atoms with van der Waals surface area (Å²) in [5, 5.41) is 14.7. The Morgan fingerprint density at radius 1 is 0.824 bits per heavy atom. The molecule has 1 aliphatic rings. The molecule has 1 unspecified atom stereocenters. The van der Waals surface area contributed by atoms with Crippen LogP contribution in [0.25, 0.3) is 11.1 Å². The molecule has 34 heavy (non-hydrogen) atoms. The van der Waals surface area contributed by atoms with Gasteiger partial charge in [-0.05, 0) is 34.1 Å². The summed E-state index contributed by atoms with van der Waals surface area (Å²) >= 11 is 0. The smallest absolute Gasteiger partial charge is 0.407 e. The lowest BCUT2D eigenvalue weighted by Crippen LogP contribution is -2.46. The third-order valence-electron chi connectivity index (χ3n) is 6.40. The molecule has 0 fully saturated rings. The lowest BCUT2D eigenvalue weighted by molar-refractivity contribution is -0.138. The van der Waals surface area contributed by atoms with Gasteiger partial charge in [-0.3, -0.25) is 9.59 Å². The van der Waals surface area contributed by atoms with E-state index in [9.17, 15) is 14.4 Å². The molecule has 0 radical (unpaired) electrons. The predicted molar refractivity (Wildman–Crippen MR) is 130 cm³/mol. The van der Waals surface area contributed by atoms with Crippen molar-refractivity contribution in [3.8, 4) is 11.1 Å². The first-order chi connectivity index (χ1) is 16.2. The highest BCUT2D eigenvalue weighted by Crippen LogP contribution is 2.44. The number of carbonyl (C=O) groups is 3. The van der Waals surface area contributed by atoms with Crippen molar-refractivity contribution in [2.24, 2.45) is 11.8 Å². The number of amides is 2. The molecular weight excluding hydrogens is 432 g/mol. The number of hydrogen-bond donors (Lipinski definition) is 3. The number of carbonyl (C=O) groups excluding carboxylic acids is 2. The minimum Gasteiger partial charge on any atom is -0.481 e. The average Bonchev–Trinajstić information content (AvgIpc) is 3.10. The van der Waals surface area contributed by atoms with Crippen molar-refractivity contribution in [2.75, 3.05) is 6.61 Å². The Bertz CT molecular complexity index is 988. The van der Waals surface area contributed by atoms with Gasteiger partial charge in [-0.2, -0.15) is 0 Å². The van der Waals surface area contributed by atoms with Gasteiger partial charge < -0.3 is 20.5 Å². The minimum absolute atomic E-state index is 0.0109. The molecule has 0 spiro atoms. The fourth-order valence-electron chi connectivity index (χ4n) is 4.35. The Kier molecular flexibility index (Phi) is 8.31. The summed E-state index contributed by atoms with van der Waals surface area (Å²) in [7, 11) is 0. The maximum atomic E-state index is 12.7. The Labute approximate surface area is 200 Å². The van der Waals surface area contributed by atoms with E-state index in [4.69, 9.17) is 9.84 Å². The molecule has 2 atom stereocenters. The zero-order valence-corrected chi connectivity index (χ0v) is 20.2.